The minimum absolute atomic E-state index is 0.325. The molecule has 0 atom stereocenters. The van der Waals surface area contributed by atoms with Crippen LogP contribution in [0.3, 0.4) is 0 Å². The monoisotopic (exact) mass is 362 g/mol. The Bertz CT molecular complexity index is 919. The third-order valence-electron chi connectivity index (χ3n) is 3.80. The Balaban J connectivity index is 2.13. The number of nitrogens with zero attached hydrogens (tertiary/aromatic N) is 2. The molecule has 0 amide bonds. The van der Waals surface area contributed by atoms with E-state index in [9.17, 15) is 4.79 Å². The van der Waals surface area contributed by atoms with Gasteiger partial charge >= 0.3 is 5.97 Å². The predicted molar refractivity (Wildman–Crippen MR) is 96.0 cm³/mol. The highest BCUT2D eigenvalue weighted by Crippen LogP contribution is 2.26. The fourth-order valence-corrected chi connectivity index (χ4v) is 3.16. The second-order valence-corrected chi connectivity index (χ2v) is 6.22. The summed E-state index contributed by atoms with van der Waals surface area (Å²) in [5, 5.41) is 1.17. The topological polar surface area (TPSA) is 44.1 Å². The third-order valence-corrected chi connectivity index (χ3v) is 4.38. The molecule has 0 spiro atoms. The molecule has 4 nitrogen and oxygen atoms in total. The standard InChI is InChI=1S/C18H16Cl2N2O2/c1-3-24-18(23)14-5-4-6-16-17(14)22(11(2)21-16)10-12-7-8-13(19)9-15(12)20/h4-9H,3,10H2,1-2H3. The first-order valence-electron chi connectivity index (χ1n) is 7.58. The van der Waals surface area contributed by atoms with Gasteiger partial charge in [-0.25, -0.2) is 9.78 Å². The van der Waals surface area contributed by atoms with Gasteiger partial charge in [0.15, 0.2) is 0 Å². The number of rotatable bonds is 4. The number of ether oxygens (including phenoxy) is 1. The second-order valence-electron chi connectivity index (χ2n) is 5.37. The van der Waals surface area contributed by atoms with Crippen molar-refractivity contribution in [3.8, 4) is 0 Å². The number of hydrogen-bond acceptors (Lipinski definition) is 3. The van der Waals surface area contributed by atoms with Crippen LogP contribution >= 0.6 is 23.2 Å². The van der Waals surface area contributed by atoms with Crippen LogP contribution in [-0.2, 0) is 11.3 Å². The van der Waals surface area contributed by atoms with Crippen molar-refractivity contribution in [2.24, 2.45) is 0 Å². The normalized spacial score (nSPS) is 11.0. The fourth-order valence-electron chi connectivity index (χ4n) is 2.69. The highest BCUT2D eigenvalue weighted by atomic mass is 35.5. The summed E-state index contributed by atoms with van der Waals surface area (Å²) < 4.78 is 7.14. The molecule has 0 aliphatic carbocycles. The minimum Gasteiger partial charge on any atom is -0.462 e. The van der Waals surface area contributed by atoms with Gasteiger partial charge in [0.2, 0.25) is 0 Å². The maximum absolute atomic E-state index is 12.3. The molecule has 1 aromatic heterocycles. The molecule has 1 heterocycles. The van der Waals surface area contributed by atoms with E-state index in [1.165, 1.54) is 0 Å². The van der Waals surface area contributed by atoms with Crippen LogP contribution in [0.4, 0.5) is 0 Å². The molecule has 0 radical (unpaired) electrons. The van der Waals surface area contributed by atoms with E-state index in [1.807, 2.05) is 23.6 Å². The molecule has 0 saturated carbocycles. The van der Waals surface area contributed by atoms with Crippen molar-refractivity contribution in [2.45, 2.75) is 20.4 Å². The fraction of sp³-hybridized carbons (Fsp3) is 0.222. The van der Waals surface area contributed by atoms with Crippen LogP contribution < -0.4 is 0 Å². The Morgan fingerprint density at radius 2 is 2.04 bits per heavy atom. The summed E-state index contributed by atoms with van der Waals surface area (Å²) in [6.07, 6.45) is 0. The molecule has 2 aromatic carbocycles. The first kappa shape index (κ1) is 16.8. The molecule has 0 aliphatic heterocycles. The molecule has 24 heavy (non-hydrogen) atoms. The second kappa shape index (κ2) is 6.83. The summed E-state index contributed by atoms with van der Waals surface area (Å²) in [5.74, 6) is 0.444. The molecule has 6 heteroatoms. The zero-order chi connectivity index (χ0) is 17.3. The van der Waals surface area contributed by atoms with Crippen molar-refractivity contribution in [3.05, 3.63) is 63.4 Å². The number of aromatic nitrogens is 2. The molecule has 0 bridgehead atoms. The molecule has 124 valence electrons. The zero-order valence-electron chi connectivity index (χ0n) is 13.3. The number of aryl methyl sites for hydroxylation is 1. The summed E-state index contributed by atoms with van der Waals surface area (Å²) in [6, 6.07) is 10.8. The molecular weight excluding hydrogens is 347 g/mol. The van der Waals surface area contributed by atoms with Crippen LogP contribution in [0.1, 0.15) is 28.7 Å². The third kappa shape index (κ3) is 3.12. The van der Waals surface area contributed by atoms with E-state index in [4.69, 9.17) is 27.9 Å². The van der Waals surface area contributed by atoms with E-state index in [2.05, 4.69) is 4.98 Å². The lowest BCUT2D eigenvalue weighted by atomic mass is 10.1. The number of benzene rings is 2. The van der Waals surface area contributed by atoms with Crippen molar-refractivity contribution in [2.75, 3.05) is 6.61 Å². The number of fused-ring (bicyclic) bond motifs is 1. The summed E-state index contributed by atoms with van der Waals surface area (Å²) >= 11 is 12.3. The Morgan fingerprint density at radius 3 is 2.75 bits per heavy atom. The van der Waals surface area contributed by atoms with E-state index >= 15 is 0 Å². The van der Waals surface area contributed by atoms with Gasteiger partial charge in [0.25, 0.3) is 0 Å². The number of hydrogen-bond donors (Lipinski definition) is 0. The zero-order valence-corrected chi connectivity index (χ0v) is 14.9. The Kier molecular flexibility index (Phi) is 4.78. The lowest BCUT2D eigenvalue weighted by molar-refractivity contribution is 0.0528. The summed E-state index contributed by atoms with van der Waals surface area (Å²) in [5.41, 5.74) is 2.91. The van der Waals surface area contributed by atoms with Crippen LogP contribution in [0.25, 0.3) is 11.0 Å². The molecule has 0 N–H and O–H groups in total. The van der Waals surface area contributed by atoms with Crippen molar-refractivity contribution in [1.82, 2.24) is 9.55 Å². The van der Waals surface area contributed by atoms with E-state index in [0.29, 0.717) is 28.8 Å². The highest BCUT2D eigenvalue weighted by Gasteiger charge is 2.18. The highest BCUT2D eigenvalue weighted by molar-refractivity contribution is 6.35. The summed E-state index contributed by atoms with van der Waals surface area (Å²) in [4.78, 5) is 16.8. The van der Waals surface area contributed by atoms with E-state index in [0.717, 1.165) is 22.4 Å². The lowest BCUT2D eigenvalue weighted by Gasteiger charge is -2.11. The molecule has 3 aromatic rings. The molecule has 0 unspecified atom stereocenters. The van der Waals surface area contributed by atoms with Gasteiger partial charge in [-0.3, -0.25) is 0 Å². The van der Waals surface area contributed by atoms with Gasteiger partial charge in [0, 0.05) is 10.0 Å². The van der Waals surface area contributed by atoms with Crippen molar-refractivity contribution in [3.63, 3.8) is 0 Å². The number of para-hydroxylation sites is 1. The van der Waals surface area contributed by atoms with E-state index in [-0.39, 0.29) is 5.97 Å². The van der Waals surface area contributed by atoms with Crippen LogP contribution in [0.15, 0.2) is 36.4 Å². The first-order valence-corrected chi connectivity index (χ1v) is 8.33. The van der Waals surface area contributed by atoms with Gasteiger partial charge in [0.1, 0.15) is 5.82 Å². The largest absolute Gasteiger partial charge is 0.462 e. The summed E-state index contributed by atoms with van der Waals surface area (Å²) in [6.45, 7) is 4.51. The number of carbonyl (C=O) groups is 1. The van der Waals surface area contributed by atoms with Gasteiger partial charge in [-0.2, -0.15) is 0 Å². The smallest absolute Gasteiger partial charge is 0.340 e. The number of imidazole rings is 1. The quantitative estimate of drug-likeness (QED) is 0.621. The summed E-state index contributed by atoms with van der Waals surface area (Å²) in [7, 11) is 0. The Morgan fingerprint density at radius 1 is 1.25 bits per heavy atom. The lowest BCUT2D eigenvalue weighted by Crippen LogP contribution is -2.09. The SMILES string of the molecule is CCOC(=O)c1cccc2nc(C)n(Cc3ccc(Cl)cc3Cl)c12. The number of esters is 1. The van der Waals surface area contributed by atoms with Gasteiger partial charge in [0.05, 0.1) is 29.7 Å². The van der Waals surface area contributed by atoms with Gasteiger partial charge in [-0.05, 0) is 43.7 Å². The van der Waals surface area contributed by atoms with Crippen molar-refractivity contribution in [1.29, 1.82) is 0 Å². The molecule has 3 rings (SSSR count). The van der Waals surface area contributed by atoms with Gasteiger partial charge < -0.3 is 9.30 Å². The van der Waals surface area contributed by atoms with Crippen LogP contribution in [0.2, 0.25) is 10.0 Å². The maximum atomic E-state index is 12.3. The van der Waals surface area contributed by atoms with E-state index < -0.39 is 0 Å². The van der Waals surface area contributed by atoms with Crippen molar-refractivity contribution >= 4 is 40.2 Å². The van der Waals surface area contributed by atoms with E-state index in [1.54, 1.807) is 31.2 Å². The number of carbonyl (C=O) groups excluding carboxylic acids is 1. The Labute approximate surface area is 150 Å². The molecule has 0 aliphatic rings. The molecule has 0 saturated heterocycles. The van der Waals surface area contributed by atoms with Crippen LogP contribution in [-0.4, -0.2) is 22.1 Å². The predicted octanol–water partition coefficient (Wildman–Crippen LogP) is 4.88. The first-order chi connectivity index (χ1) is 11.5. The van der Waals surface area contributed by atoms with Crippen LogP contribution in [0, 0.1) is 6.92 Å². The van der Waals surface area contributed by atoms with Gasteiger partial charge in [-0.1, -0.05) is 35.3 Å². The average Bonchev–Trinajstić information content (AvgIpc) is 2.86. The van der Waals surface area contributed by atoms with Gasteiger partial charge in [-0.15, -0.1) is 0 Å². The van der Waals surface area contributed by atoms with Crippen molar-refractivity contribution < 1.29 is 9.53 Å². The average molecular weight is 363 g/mol. The molecular formula is C18H16Cl2N2O2. The Hall–Kier alpha value is -2.04. The number of halogens is 2. The maximum Gasteiger partial charge on any atom is 0.340 e. The molecule has 0 fully saturated rings. The minimum atomic E-state index is -0.355. The van der Waals surface area contributed by atoms with Crippen LogP contribution in [0.5, 0.6) is 0 Å².